The van der Waals surface area contributed by atoms with Crippen LogP contribution in [-0.2, 0) is 4.74 Å². The minimum Gasteiger partial charge on any atom is -0.372 e. The van der Waals surface area contributed by atoms with Crippen LogP contribution in [0.5, 0.6) is 0 Å². The lowest BCUT2D eigenvalue weighted by atomic mass is 10.0. The summed E-state index contributed by atoms with van der Waals surface area (Å²) in [6, 6.07) is 2.17. The summed E-state index contributed by atoms with van der Waals surface area (Å²) in [6.07, 6.45) is 1.43. The summed E-state index contributed by atoms with van der Waals surface area (Å²) in [6.45, 7) is 5.10. The predicted molar refractivity (Wildman–Crippen MR) is 75.1 cm³/mol. The quantitative estimate of drug-likeness (QED) is 0.868. The standard InChI is InChI=1S/C11H15Br2NOS/c1-2-14-6-7-3-4-15-10(7)9-5-8(12)11(13)16-9/h5,7,10,14H,2-4,6H2,1H3. The maximum Gasteiger partial charge on any atom is 0.0958 e. The first-order valence-corrected chi connectivity index (χ1v) is 7.89. The van der Waals surface area contributed by atoms with Crippen LogP contribution >= 0.6 is 43.2 Å². The van der Waals surface area contributed by atoms with Crippen molar-refractivity contribution in [3.63, 3.8) is 0 Å². The zero-order valence-electron chi connectivity index (χ0n) is 9.13. The van der Waals surface area contributed by atoms with Gasteiger partial charge in [0.1, 0.15) is 0 Å². The molecule has 0 aliphatic carbocycles. The number of hydrogen-bond donors (Lipinski definition) is 1. The smallest absolute Gasteiger partial charge is 0.0958 e. The molecule has 2 rings (SSSR count). The molecule has 2 atom stereocenters. The number of rotatable bonds is 4. The van der Waals surface area contributed by atoms with Crippen LogP contribution in [0.15, 0.2) is 14.3 Å². The lowest BCUT2D eigenvalue weighted by Gasteiger charge is -2.17. The lowest BCUT2D eigenvalue weighted by molar-refractivity contribution is 0.0935. The molecule has 0 aromatic carbocycles. The Morgan fingerprint density at radius 1 is 1.56 bits per heavy atom. The molecule has 2 nitrogen and oxygen atoms in total. The van der Waals surface area contributed by atoms with Crippen LogP contribution < -0.4 is 5.32 Å². The third-order valence-corrected chi connectivity index (χ3v) is 6.13. The van der Waals surface area contributed by atoms with Crippen molar-refractivity contribution >= 4 is 43.2 Å². The summed E-state index contributed by atoms with van der Waals surface area (Å²) in [5.74, 6) is 0.609. The fraction of sp³-hybridized carbons (Fsp3) is 0.636. The summed E-state index contributed by atoms with van der Waals surface area (Å²) in [5.41, 5.74) is 0. The monoisotopic (exact) mass is 367 g/mol. The van der Waals surface area contributed by atoms with Crippen LogP contribution in [0.25, 0.3) is 0 Å². The highest BCUT2D eigenvalue weighted by molar-refractivity contribution is 9.13. The molecule has 16 heavy (non-hydrogen) atoms. The molecule has 1 aliphatic rings. The minimum absolute atomic E-state index is 0.270. The van der Waals surface area contributed by atoms with Crippen LogP contribution in [0.1, 0.15) is 24.3 Å². The van der Waals surface area contributed by atoms with E-state index in [0.29, 0.717) is 5.92 Å². The van der Waals surface area contributed by atoms with E-state index in [9.17, 15) is 0 Å². The summed E-state index contributed by atoms with van der Waals surface area (Å²) in [4.78, 5) is 1.32. The molecule has 2 heterocycles. The first kappa shape index (κ1) is 13.0. The SMILES string of the molecule is CCNCC1CCOC1c1cc(Br)c(Br)s1. The number of ether oxygens (including phenoxy) is 1. The molecular weight excluding hydrogens is 354 g/mol. The second kappa shape index (κ2) is 5.96. The number of hydrogen-bond acceptors (Lipinski definition) is 3. The van der Waals surface area contributed by atoms with Gasteiger partial charge < -0.3 is 10.1 Å². The average molecular weight is 369 g/mol. The molecule has 0 spiro atoms. The van der Waals surface area contributed by atoms with Crippen LogP contribution in [0, 0.1) is 5.92 Å². The molecule has 0 amide bonds. The van der Waals surface area contributed by atoms with E-state index < -0.39 is 0 Å². The third-order valence-electron chi connectivity index (χ3n) is 2.82. The summed E-state index contributed by atoms with van der Waals surface area (Å²) in [5, 5.41) is 3.41. The molecule has 1 aliphatic heterocycles. The molecule has 1 N–H and O–H groups in total. The van der Waals surface area contributed by atoms with Crippen molar-refractivity contribution in [3.05, 3.63) is 19.2 Å². The Bertz CT molecular complexity index is 336. The Labute approximate surface area is 117 Å². The van der Waals surface area contributed by atoms with E-state index >= 15 is 0 Å². The highest BCUT2D eigenvalue weighted by atomic mass is 79.9. The molecule has 1 aromatic rings. The van der Waals surface area contributed by atoms with Crippen molar-refractivity contribution in [1.82, 2.24) is 5.32 Å². The fourth-order valence-corrected chi connectivity index (χ4v) is 4.22. The van der Waals surface area contributed by atoms with E-state index in [4.69, 9.17) is 4.74 Å². The predicted octanol–water partition coefficient (Wildman–Crippen LogP) is 3.96. The van der Waals surface area contributed by atoms with Gasteiger partial charge in [0.25, 0.3) is 0 Å². The fourth-order valence-electron chi connectivity index (χ4n) is 1.99. The van der Waals surface area contributed by atoms with Crippen LogP contribution in [0.2, 0.25) is 0 Å². The highest BCUT2D eigenvalue weighted by Crippen LogP contribution is 2.42. The molecule has 0 bridgehead atoms. The number of halogens is 2. The van der Waals surface area contributed by atoms with Crippen molar-refractivity contribution in [2.24, 2.45) is 5.92 Å². The van der Waals surface area contributed by atoms with Gasteiger partial charge in [0.15, 0.2) is 0 Å². The largest absolute Gasteiger partial charge is 0.372 e. The first-order valence-electron chi connectivity index (χ1n) is 5.49. The highest BCUT2D eigenvalue weighted by Gasteiger charge is 2.30. The first-order chi connectivity index (χ1) is 7.72. The Kier molecular flexibility index (Phi) is 4.85. The molecule has 1 fully saturated rings. The zero-order valence-corrected chi connectivity index (χ0v) is 13.1. The van der Waals surface area contributed by atoms with Crippen molar-refractivity contribution in [2.45, 2.75) is 19.4 Å². The van der Waals surface area contributed by atoms with Gasteiger partial charge in [0, 0.05) is 28.4 Å². The van der Waals surface area contributed by atoms with Gasteiger partial charge in [-0.1, -0.05) is 6.92 Å². The molecule has 2 unspecified atom stereocenters. The van der Waals surface area contributed by atoms with Crippen LogP contribution in [0.3, 0.4) is 0 Å². The minimum atomic E-state index is 0.270. The molecule has 1 aromatic heterocycles. The maximum absolute atomic E-state index is 5.85. The number of thiophene rings is 1. The van der Waals surface area contributed by atoms with Crippen LogP contribution in [-0.4, -0.2) is 19.7 Å². The summed E-state index contributed by atoms with van der Waals surface area (Å²) < 4.78 is 8.13. The van der Waals surface area contributed by atoms with E-state index in [1.54, 1.807) is 11.3 Å². The topological polar surface area (TPSA) is 21.3 Å². The van der Waals surface area contributed by atoms with Gasteiger partial charge in [0.05, 0.1) is 9.89 Å². The summed E-state index contributed by atoms with van der Waals surface area (Å²) in [7, 11) is 0. The third kappa shape index (κ3) is 2.88. The number of nitrogens with one attached hydrogen (secondary N) is 1. The Morgan fingerprint density at radius 3 is 3.00 bits per heavy atom. The van der Waals surface area contributed by atoms with Crippen molar-refractivity contribution in [3.8, 4) is 0 Å². The molecular formula is C11H15Br2NOS. The van der Waals surface area contributed by atoms with Crippen molar-refractivity contribution in [2.75, 3.05) is 19.7 Å². The van der Waals surface area contributed by atoms with E-state index in [0.717, 1.165) is 34.4 Å². The molecule has 0 saturated carbocycles. The second-order valence-corrected chi connectivity index (χ2v) is 7.17. The maximum atomic E-state index is 5.85. The van der Waals surface area contributed by atoms with Gasteiger partial charge in [-0.15, -0.1) is 11.3 Å². The van der Waals surface area contributed by atoms with Gasteiger partial charge in [-0.2, -0.15) is 0 Å². The average Bonchev–Trinajstić information content (AvgIpc) is 2.83. The van der Waals surface area contributed by atoms with E-state index in [2.05, 4.69) is 50.2 Å². The lowest BCUT2D eigenvalue weighted by Crippen LogP contribution is -2.24. The van der Waals surface area contributed by atoms with E-state index in [1.807, 2.05) is 0 Å². The van der Waals surface area contributed by atoms with Crippen LogP contribution in [0.4, 0.5) is 0 Å². The summed E-state index contributed by atoms with van der Waals surface area (Å²) >= 11 is 8.83. The van der Waals surface area contributed by atoms with E-state index in [1.165, 1.54) is 4.88 Å². The van der Waals surface area contributed by atoms with E-state index in [-0.39, 0.29) is 6.10 Å². The van der Waals surface area contributed by atoms with Gasteiger partial charge in [-0.3, -0.25) is 0 Å². The van der Waals surface area contributed by atoms with Crippen molar-refractivity contribution in [1.29, 1.82) is 0 Å². The van der Waals surface area contributed by atoms with Gasteiger partial charge >= 0.3 is 0 Å². The molecule has 90 valence electrons. The Morgan fingerprint density at radius 2 is 2.38 bits per heavy atom. The van der Waals surface area contributed by atoms with Crippen molar-refractivity contribution < 1.29 is 4.74 Å². The van der Waals surface area contributed by atoms with Gasteiger partial charge in [-0.05, 0) is 50.9 Å². The normalized spacial score (nSPS) is 25.2. The van der Waals surface area contributed by atoms with Gasteiger partial charge in [0.2, 0.25) is 0 Å². The Balaban J connectivity index is 2.07. The Hall–Kier alpha value is 0.580. The second-order valence-electron chi connectivity index (χ2n) is 3.92. The van der Waals surface area contributed by atoms with Gasteiger partial charge in [-0.25, -0.2) is 0 Å². The molecule has 0 radical (unpaired) electrons. The zero-order chi connectivity index (χ0) is 11.5. The molecule has 1 saturated heterocycles. The molecule has 5 heteroatoms.